The van der Waals surface area contributed by atoms with Crippen LogP contribution in [0.1, 0.15) is 444 Å². The third-order valence-corrected chi connectivity index (χ3v) is 32.6. The van der Waals surface area contributed by atoms with Gasteiger partial charge in [0.05, 0.1) is 70.3 Å². The van der Waals surface area contributed by atoms with Gasteiger partial charge in [-0.1, -0.05) is 153 Å². The average molecular weight is 1850 g/mol. The van der Waals surface area contributed by atoms with E-state index in [0.717, 1.165) is 303 Å². The molecule has 728 valence electrons. The van der Waals surface area contributed by atoms with Crippen molar-refractivity contribution in [2.24, 2.45) is 23.7 Å². The molecule has 8 aliphatic carbocycles. The van der Waals surface area contributed by atoms with Crippen LogP contribution in [0, 0.1) is 23.7 Å². The zero-order valence-electron chi connectivity index (χ0n) is 81.1. The normalized spacial score (nSPS) is 25.0. The SMILES string of the molecule is CCCC[C@@H]1CCCN1C(=O)[C@@H]1CCC[C@H](c2cccc(-n3ncc(C(=O)O)c3C3CC3)c2)C1.CCCC[C@@H]1CCCN1C(=O)[C@H]1CCC[C@@H](c2cccc(-n3ncc(C(=O)O)c3C3CC3)c2)C1.CCCC[C@H]1CCCN1C(=O)[C@@H]1CCC[C@H](c2cccc(-n3ncc(C(=O)O)c3C3CC3)c2)C1.CCCC[C@H]1CCCN1C(=O)[C@H]1CCC[C@@H](c2cccc(-n3ncc(C(=O)O)c3C3CC3)c2)C1. The Hall–Kier alpha value is -10.5. The molecule has 4 N–H and O–H groups in total. The Morgan fingerprint density at radius 3 is 0.676 bits per heavy atom. The molecule has 24 nitrogen and oxygen atoms in total. The Morgan fingerprint density at radius 2 is 0.485 bits per heavy atom. The van der Waals surface area contributed by atoms with Crippen LogP contribution >= 0.6 is 0 Å². The summed E-state index contributed by atoms with van der Waals surface area (Å²) in [5.41, 5.74) is 13.3. The van der Waals surface area contributed by atoms with Crippen molar-refractivity contribution in [2.45, 2.75) is 382 Å². The summed E-state index contributed by atoms with van der Waals surface area (Å²) in [7, 11) is 0. The molecule has 0 bridgehead atoms. The van der Waals surface area contributed by atoms with Gasteiger partial charge in [0.2, 0.25) is 23.6 Å². The second-order valence-electron chi connectivity index (χ2n) is 42.2. The predicted molar refractivity (Wildman–Crippen MR) is 526 cm³/mol. The molecule has 8 saturated carbocycles. The summed E-state index contributed by atoms with van der Waals surface area (Å²) in [6.45, 7) is 12.6. The summed E-state index contributed by atoms with van der Waals surface area (Å²) in [4.78, 5) is 110. The summed E-state index contributed by atoms with van der Waals surface area (Å²) in [5, 5.41) is 56.3. The number of carbonyl (C=O) groups is 8. The van der Waals surface area contributed by atoms with E-state index in [0.29, 0.717) is 93.7 Å². The Bertz CT molecular complexity index is 4830. The van der Waals surface area contributed by atoms with E-state index >= 15 is 0 Å². The zero-order valence-corrected chi connectivity index (χ0v) is 81.1. The number of aromatic nitrogens is 8. The molecule has 4 aromatic carbocycles. The van der Waals surface area contributed by atoms with E-state index in [4.69, 9.17) is 0 Å². The monoisotopic (exact) mass is 1850 g/mol. The van der Waals surface area contributed by atoms with E-state index in [1.165, 1.54) is 98.4 Å². The van der Waals surface area contributed by atoms with Crippen molar-refractivity contribution in [3.63, 3.8) is 0 Å². The van der Waals surface area contributed by atoms with Crippen LogP contribution in [0.2, 0.25) is 0 Å². The molecular formula is C112H148N12O12. The first-order valence-electron chi connectivity index (χ1n) is 53.1. The third kappa shape index (κ3) is 22.7. The molecule has 20 rings (SSSR count). The molecule has 4 aliphatic heterocycles. The summed E-state index contributed by atoms with van der Waals surface area (Å²) in [6, 6.07) is 35.4. The topological polar surface area (TPSA) is 302 Å². The van der Waals surface area contributed by atoms with Gasteiger partial charge >= 0.3 is 23.9 Å². The lowest BCUT2D eigenvalue weighted by molar-refractivity contribution is -0.138. The average Bonchev–Trinajstić information content (AvgIpc) is 1.63. The first-order chi connectivity index (χ1) is 66.3. The highest BCUT2D eigenvalue weighted by atomic mass is 16.4. The minimum Gasteiger partial charge on any atom is -0.478 e. The van der Waals surface area contributed by atoms with Crippen LogP contribution in [0.25, 0.3) is 22.7 Å². The lowest BCUT2D eigenvalue weighted by Crippen LogP contribution is -2.41. The molecule has 0 unspecified atom stereocenters. The summed E-state index contributed by atoms with van der Waals surface area (Å²) in [5.74, 6) is 0.978. The third-order valence-electron chi connectivity index (χ3n) is 32.6. The number of aromatic carboxylic acids is 4. The van der Waals surface area contributed by atoms with Gasteiger partial charge in [0.25, 0.3) is 0 Å². The Labute approximate surface area is 803 Å². The van der Waals surface area contributed by atoms with Crippen LogP contribution in [-0.2, 0) is 19.2 Å². The van der Waals surface area contributed by atoms with Crippen LogP contribution in [-0.4, -0.2) is 177 Å². The molecule has 8 aromatic rings. The number of benzene rings is 4. The number of nitrogens with zero attached hydrogens (tertiary/aromatic N) is 12. The molecule has 4 amide bonds. The van der Waals surface area contributed by atoms with E-state index in [2.05, 4.69) is 140 Å². The van der Waals surface area contributed by atoms with Crippen molar-refractivity contribution in [1.29, 1.82) is 0 Å². The van der Waals surface area contributed by atoms with Crippen molar-refractivity contribution in [2.75, 3.05) is 26.2 Å². The number of carboxylic acid groups (broad SMARTS) is 4. The van der Waals surface area contributed by atoms with Gasteiger partial charge in [-0.15, -0.1) is 0 Å². The Balaban J connectivity index is 0.000000126. The molecule has 12 atom stereocenters. The Morgan fingerprint density at radius 1 is 0.272 bits per heavy atom. The quantitative estimate of drug-likeness (QED) is 0.0304. The lowest BCUT2D eigenvalue weighted by Gasteiger charge is -2.34. The number of carbonyl (C=O) groups excluding carboxylic acids is 4. The van der Waals surface area contributed by atoms with Crippen LogP contribution in [0.5, 0.6) is 0 Å². The number of likely N-dealkylation sites (tertiary alicyclic amines) is 4. The Kier molecular flexibility index (Phi) is 32.1. The maximum Gasteiger partial charge on any atom is 0.339 e. The van der Waals surface area contributed by atoms with Crippen LogP contribution in [0.3, 0.4) is 0 Å². The molecule has 136 heavy (non-hydrogen) atoms. The molecule has 12 fully saturated rings. The van der Waals surface area contributed by atoms with E-state index in [-0.39, 0.29) is 47.3 Å². The summed E-state index contributed by atoms with van der Waals surface area (Å²) < 4.78 is 7.33. The van der Waals surface area contributed by atoms with Crippen molar-refractivity contribution in [3.8, 4) is 22.7 Å². The van der Waals surface area contributed by atoms with Crippen molar-refractivity contribution in [1.82, 2.24) is 58.7 Å². The van der Waals surface area contributed by atoms with Gasteiger partial charge < -0.3 is 40.0 Å². The van der Waals surface area contributed by atoms with Gasteiger partial charge in [0, 0.05) is 97.7 Å². The maximum absolute atomic E-state index is 13.5. The number of hydrogen-bond donors (Lipinski definition) is 4. The smallest absolute Gasteiger partial charge is 0.339 e. The van der Waals surface area contributed by atoms with Crippen molar-refractivity contribution >= 4 is 47.5 Å². The molecule has 4 aromatic heterocycles. The van der Waals surface area contributed by atoms with E-state index in [9.17, 15) is 58.8 Å². The van der Waals surface area contributed by atoms with Crippen molar-refractivity contribution in [3.05, 3.63) is 189 Å². The van der Waals surface area contributed by atoms with E-state index in [1.807, 2.05) is 43.0 Å². The highest BCUT2D eigenvalue weighted by Crippen LogP contribution is 2.50. The van der Waals surface area contributed by atoms with E-state index in [1.54, 1.807) is 0 Å². The highest BCUT2D eigenvalue weighted by molar-refractivity contribution is 5.91. The molecule has 12 aliphatic rings. The number of carboxylic acids is 4. The molecule has 0 radical (unpaired) electrons. The molecule has 8 heterocycles. The lowest BCUT2D eigenvalue weighted by atomic mass is 9.77. The molecule has 0 spiro atoms. The van der Waals surface area contributed by atoms with Crippen LogP contribution < -0.4 is 0 Å². The predicted octanol–water partition coefficient (Wildman–Crippen LogP) is 23.6. The zero-order chi connectivity index (χ0) is 94.6. The fourth-order valence-corrected chi connectivity index (χ4v) is 24.8. The van der Waals surface area contributed by atoms with Gasteiger partial charge in [0.1, 0.15) is 22.3 Å². The molecular weight excluding hydrogens is 1710 g/mol. The number of hydrogen-bond acceptors (Lipinski definition) is 12. The molecule has 24 heteroatoms. The van der Waals surface area contributed by atoms with Gasteiger partial charge in [-0.3, -0.25) is 19.2 Å². The number of rotatable bonds is 32. The fourth-order valence-electron chi connectivity index (χ4n) is 24.8. The fraction of sp³-hybridized carbons (Fsp3) is 0.607. The van der Waals surface area contributed by atoms with Crippen molar-refractivity contribution < 1.29 is 58.8 Å². The summed E-state index contributed by atoms with van der Waals surface area (Å²) >= 11 is 0. The van der Waals surface area contributed by atoms with Crippen LogP contribution in [0.15, 0.2) is 122 Å². The van der Waals surface area contributed by atoms with E-state index < -0.39 is 23.9 Å². The highest BCUT2D eigenvalue weighted by Gasteiger charge is 2.44. The minimum absolute atomic E-state index is 0.120. The summed E-state index contributed by atoms with van der Waals surface area (Å²) in [6.07, 6.45) is 53.8. The second-order valence-corrected chi connectivity index (χ2v) is 42.2. The largest absolute Gasteiger partial charge is 0.478 e. The number of unbranched alkanes of at least 4 members (excludes halogenated alkanes) is 4. The van der Waals surface area contributed by atoms with Gasteiger partial charge in [-0.25, -0.2) is 37.9 Å². The van der Waals surface area contributed by atoms with Crippen LogP contribution in [0.4, 0.5) is 0 Å². The van der Waals surface area contributed by atoms with Gasteiger partial charge in [-0.05, 0) is 300 Å². The second kappa shape index (κ2) is 45.0. The minimum atomic E-state index is -0.905. The van der Waals surface area contributed by atoms with Gasteiger partial charge in [-0.2, -0.15) is 20.4 Å². The first kappa shape index (κ1) is 97.1. The standard InChI is InChI=1S/4C28H37N3O3/c4*1-2-3-10-23-12-6-15-30(23)27(32)22-9-4-7-20(16-22)21-8-5-11-24(17-21)31-26(19-13-14-19)25(18-29-31)28(33)34/h4*5,8,11,17-20,22-23H,2-4,6-7,9-10,12-16H2,1H3,(H,33,34)/t2*20-,22+,23+;2*20-,22+,23-/m1010/s1. The maximum atomic E-state index is 13.5. The number of amides is 4. The first-order valence-corrected chi connectivity index (χ1v) is 53.1. The van der Waals surface area contributed by atoms with Gasteiger partial charge in [0.15, 0.2) is 0 Å². The molecule has 4 saturated heterocycles.